The second-order valence-corrected chi connectivity index (χ2v) is 5.56. The van der Waals surface area contributed by atoms with Crippen LogP contribution in [0.2, 0.25) is 0 Å². The van der Waals surface area contributed by atoms with Gasteiger partial charge in [-0.2, -0.15) is 0 Å². The molecule has 0 saturated heterocycles. The highest BCUT2D eigenvalue weighted by atomic mass is 79.9. The van der Waals surface area contributed by atoms with Gasteiger partial charge in [-0.3, -0.25) is 9.59 Å². The Morgan fingerprint density at radius 1 is 0.905 bits per heavy atom. The minimum Gasteiger partial charge on any atom is -0.318 e. The highest BCUT2D eigenvalue weighted by Crippen LogP contribution is 2.23. The largest absolute Gasteiger partial charge is 0.318 e. The summed E-state index contributed by atoms with van der Waals surface area (Å²) in [5.74, 6) is -1.40. The number of benzene rings is 2. The maximum absolute atomic E-state index is 11.9. The van der Waals surface area contributed by atoms with E-state index in [1.165, 1.54) is 0 Å². The first-order chi connectivity index (χ1) is 9.97. The Bertz CT molecular complexity index is 698. The van der Waals surface area contributed by atoms with E-state index in [1.54, 1.807) is 18.2 Å². The fourth-order valence-electron chi connectivity index (χ4n) is 1.79. The Kier molecular flexibility index (Phi) is 4.75. The standard InChI is InChI=1S/C16H15BrN2O2/c1-10-7-8-14(12(17)9-10)19-16(21)15(20)18-13-6-4-3-5-11(13)2/h3-9H,1-2H3,(H,18,20)(H,19,21). The Hall–Kier alpha value is -2.14. The van der Waals surface area contributed by atoms with Crippen LogP contribution in [-0.2, 0) is 9.59 Å². The van der Waals surface area contributed by atoms with Crippen LogP contribution >= 0.6 is 15.9 Å². The van der Waals surface area contributed by atoms with E-state index < -0.39 is 11.8 Å². The van der Waals surface area contributed by atoms with Gasteiger partial charge < -0.3 is 10.6 Å². The van der Waals surface area contributed by atoms with Crippen molar-refractivity contribution < 1.29 is 9.59 Å². The van der Waals surface area contributed by atoms with Gasteiger partial charge in [-0.25, -0.2) is 0 Å². The van der Waals surface area contributed by atoms with Crippen molar-refractivity contribution >= 4 is 39.1 Å². The normalized spacial score (nSPS) is 10.0. The molecule has 2 rings (SSSR count). The van der Waals surface area contributed by atoms with Crippen LogP contribution in [0.15, 0.2) is 46.9 Å². The summed E-state index contributed by atoms with van der Waals surface area (Å²) in [5.41, 5.74) is 3.14. The number of hydrogen-bond donors (Lipinski definition) is 2. The number of anilines is 2. The van der Waals surface area contributed by atoms with Crippen LogP contribution in [0.1, 0.15) is 11.1 Å². The molecule has 0 aromatic heterocycles. The van der Waals surface area contributed by atoms with E-state index in [9.17, 15) is 9.59 Å². The molecule has 4 nitrogen and oxygen atoms in total. The Morgan fingerprint density at radius 2 is 1.52 bits per heavy atom. The summed E-state index contributed by atoms with van der Waals surface area (Å²) in [5, 5.41) is 5.17. The van der Waals surface area contributed by atoms with E-state index in [1.807, 2.05) is 38.1 Å². The molecule has 0 spiro atoms. The first kappa shape index (κ1) is 15.3. The molecule has 0 aliphatic rings. The molecular weight excluding hydrogens is 332 g/mol. The second-order valence-electron chi connectivity index (χ2n) is 4.71. The quantitative estimate of drug-likeness (QED) is 0.815. The molecule has 2 aromatic carbocycles. The van der Waals surface area contributed by atoms with Gasteiger partial charge in [0.25, 0.3) is 0 Å². The van der Waals surface area contributed by atoms with Gasteiger partial charge in [0.2, 0.25) is 0 Å². The molecule has 21 heavy (non-hydrogen) atoms. The van der Waals surface area contributed by atoms with E-state index in [4.69, 9.17) is 0 Å². The number of rotatable bonds is 2. The van der Waals surface area contributed by atoms with Gasteiger partial charge in [0.15, 0.2) is 0 Å². The van der Waals surface area contributed by atoms with Crippen molar-refractivity contribution in [2.24, 2.45) is 0 Å². The van der Waals surface area contributed by atoms with E-state index in [-0.39, 0.29) is 0 Å². The number of carbonyl (C=O) groups is 2. The summed E-state index contributed by atoms with van der Waals surface area (Å²) in [4.78, 5) is 23.8. The lowest BCUT2D eigenvalue weighted by Crippen LogP contribution is -2.29. The summed E-state index contributed by atoms with van der Waals surface area (Å²) in [6.07, 6.45) is 0. The number of halogens is 1. The minimum atomic E-state index is -0.706. The molecule has 2 aromatic rings. The summed E-state index contributed by atoms with van der Waals surface area (Å²) >= 11 is 3.36. The maximum Gasteiger partial charge on any atom is 0.314 e. The van der Waals surface area contributed by atoms with Crippen molar-refractivity contribution in [3.8, 4) is 0 Å². The Morgan fingerprint density at radius 3 is 2.14 bits per heavy atom. The lowest BCUT2D eigenvalue weighted by atomic mass is 10.2. The van der Waals surface area contributed by atoms with Crippen LogP contribution in [0.3, 0.4) is 0 Å². The molecule has 2 N–H and O–H groups in total. The number of carbonyl (C=O) groups excluding carboxylic acids is 2. The third-order valence-electron chi connectivity index (χ3n) is 2.97. The number of aryl methyl sites for hydroxylation is 2. The Balaban J connectivity index is 2.06. The van der Waals surface area contributed by atoms with Crippen LogP contribution in [0.4, 0.5) is 11.4 Å². The number of para-hydroxylation sites is 1. The molecule has 0 aliphatic heterocycles. The molecule has 0 bridgehead atoms. The van der Waals surface area contributed by atoms with Crippen molar-refractivity contribution in [2.75, 3.05) is 10.6 Å². The molecule has 0 aliphatic carbocycles. The molecule has 0 unspecified atom stereocenters. The first-order valence-corrected chi connectivity index (χ1v) is 7.21. The van der Waals surface area contributed by atoms with Crippen molar-refractivity contribution in [3.63, 3.8) is 0 Å². The predicted molar refractivity (Wildman–Crippen MR) is 87.3 cm³/mol. The molecule has 108 valence electrons. The molecule has 0 atom stereocenters. The zero-order chi connectivity index (χ0) is 15.4. The highest BCUT2D eigenvalue weighted by molar-refractivity contribution is 9.10. The predicted octanol–water partition coefficient (Wildman–Crippen LogP) is 3.64. The summed E-state index contributed by atoms with van der Waals surface area (Å²) < 4.78 is 0.736. The van der Waals surface area contributed by atoms with E-state index >= 15 is 0 Å². The van der Waals surface area contributed by atoms with Crippen molar-refractivity contribution in [3.05, 3.63) is 58.1 Å². The lowest BCUT2D eigenvalue weighted by molar-refractivity contribution is -0.133. The van der Waals surface area contributed by atoms with E-state index in [0.717, 1.165) is 15.6 Å². The van der Waals surface area contributed by atoms with Gasteiger partial charge in [-0.1, -0.05) is 24.3 Å². The Labute approximate surface area is 131 Å². The third-order valence-corrected chi connectivity index (χ3v) is 3.63. The monoisotopic (exact) mass is 346 g/mol. The number of hydrogen-bond acceptors (Lipinski definition) is 2. The van der Waals surface area contributed by atoms with E-state index in [0.29, 0.717) is 11.4 Å². The van der Waals surface area contributed by atoms with Gasteiger partial charge in [0.05, 0.1) is 5.69 Å². The van der Waals surface area contributed by atoms with Crippen LogP contribution in [0.25, 0.3) is 0 Å². The molecule has 0 saturated carbocycles. The lowest BCUT2D eigenvalue weighted by Gasteiger charge is -2.10. The smallest absolute Gasteiger partial charge is 0.314 e. The molecule has 0 radical (unpaired) electrons. The second kappa shape index (κ2) is 6.54. The topological polar surface area (TPSA) is 58.2 Å². The van der Waals surface area contributed by atoms with Gasteiger partial charge in [0.1, 0.15) is 0 Å². The van der Waals surface area contributed by atoms with E-state index in [2.05, 4.69) is 26.6 Å². The molecule has 5 heteroatoms. The van der Waals surface area contributed by atoms with Crippen LogP contribution in [0, 0.1) is 13.8 Å². The molecule has 2 amide bonds. The molecule has 0 fully saturated rings. The van der Waals surface area contributed by atoms with Crippen LogP contribution in [0.5, 0.6) is 0 Å². The number of amides is 2. The van der Waals surface area contributed by atoms with Gasteiger partial charge in [-0.15, -0.1) is 0 Å². The first-order valence-electron chi connectivity index (χ1n) is 6.41. The van der Waals surface area contributed by atoms with Crippen molar-refractivity contribution in [2.45, 2.75) is 13.8 Å². The average molecular weight is 347 g/mol. The van der Waals surface area contributed by atoms with Crippen LogP contribution < -0.4 is 10.6 Å². The van der Waals surface area contributed by atoms with Gasteiger partial charge in [-0.05, 0) is 59.1 Å². The maximum atomic E-state index is 11.9. The third kappa shape index (κ3) is 3.92. The summed E-state index contributed by atoms with van der Waals surface area (Å²) in [6.45, 7) is 3.81. The zero-order valence-electron chi connectivity index (χ0n) is 11.7. The van der Waals surface area contributed by atoms with Gasteiger partial charge >= 0.3 is 11.8 Å². The molecular formula is C16H15BrN2O2. The average Bonchev–Trinajstić information content (AvgIpc) is 2.44. The fraction of sp³-hybridized carbons (Fsp3) is 0.125. The number of nitrogens with one attached hydrogen (secondary N) is 2. The fourth-order valence-corrected chi connectivity index (χ4v) is 2.39. The van der Waals surface area contributed by atoms with Gasteiger partial charge in [0, 0.05) is 10.2 Å². The summed E-state index contributed by atoms with van der Waals surface area (Å²) in [6, 6.07) is 12.8. The van der Waals surface area contributed by atoms with Crippen LogP contribution in [-0.4, -0.2) is 11.8 Å². The SMILES string of the molecule is Cc1ccc(NC(=O)C(=O)Nc2ccccc2C)c(Br)c1. The molecule has 0 heterocycles. The minimum absolute atomic E-state index is 0.561. The highest BCUT2D eigenvalue weighted by Gasteiger charge is 2.15. The summed E-state index contributed by atoms with van der Waals surface area (Å²) in [7, 11) is 0. The van der Waals surface area contributed by atoms with Crippen molar-refractivity contribution in [1.82, 2.24) is 0 Å². The zero-order valence-corrected chi connectivity index (χ0v) is 13.3. The van der Waals surface area contributed by atoms with Crippen molar-refractivity contribution in [1.29, 1.82) is 0 Å².